The van der Waals surface area contributed by atoms with Crippen molar-refractivity contribution >= 4 is 11.9 Å². The molecule has 0 spiro atoms. The van der Waals surface area contributed by atoms with Crippen LogP contribution >= 0.6 is 0 Å². The van der Waals surface area contributed by atoms with Crippen LogP contribution in [0, 0.1) is 11.3 Å². The third-order valence-electron chi connectivity index (χ3n) is 0.871. The molecule has 0 saturated heterocycles. The second-order valence-corrected chi connectivity index (χ2v) is 1.83. The fourth-order valence-electron chi connectivity index (χ4n) is 0.458. The second kappa shape index (κ2) is 5.23. The summed E-state index contributed by atoms with van der Waals surface area (Å²) in [5.74, 6) is -1.73. The van der Waals surface area contributed by atoms with Crippen molar-refractivity contribution in [2.45, 2.75) is 12.8 Å². The molecule has 0 radical (unpaired) electrons. The second-order valence-electron chi connectivity index (χ2n) is 1.83. The van der Waals surface area contributed by atoms with Gasteiger partial charge in [0.15, 0.2) is 0 Å². The van der Waals surface area contributed by atoms with Crippen molar-refractivity contribution in [3.05, 3.63) is 0 Å². The van der Waals surface area contributed by atoms with Gasteiger partial charge in [0.05, 0.1) is 12.5 Å². The van der Waals surface area contributed by atoms with E-state index in [4.69, 9.17) is 10.4 Å². The molecule has 0 aliphatic carbocycles. The van der Waals surface area contributed by atoms with E-state index in [0.29, 0.717) is 0 Å². The highest BCUT2D eigenvalue weighted by atomic mass is 16.4. The Morgan fingerprint density at radius 2 is 2.18 bits per heavy atom. The van der Waals surface area contributed by atoms with E-state index < -0.39 is 18.3 Å². The summed E-state index contributed by atoms with van der Waals surface area (Å²) in [6.07, 6.45) is -0.337. The number of carbonyl (C=O) groups excluding carboxylic acids is 1. The zero-order chi connectivity index (χ0) is 8.69. The van der Waals surface area contributed by atoms with Gasteiger partial charge in [-0.05, 0) is 0 Å². The first-order valence-electron chi connectivity index (χ1n) is 3.02. The Labute approximate surface area is 63.6 Å². The summed E-state index contributed by atoms with van der Waals surface area (Å²) >= 11 is 0. The molecular formula is C6H8N2O3. The summed E-state index contributed by atoms with van der Waals surface area (Å²) in [5.41, 5.74) is 0. The van der Waals surface area contributed by atoms with Gasteiger partial charge in [-0.1, -0.05) is 0 Å². The lowest BCUT2D eigenvalue weighted by Gasteiger charge is -1.97. The Morgan fingerprint density at radius 1 is 1.55 bits per heavy atom. The Balaban J connectivity index is 3.39. The summed E-state index contributed by atoms with van der Waals surface area (Å²) in [5, 5.41) is 18.4. The Morgan fingerprint density at radius 3 is 2.64 bits per heavy atom. The number of rotatable bonds is 4. The van der Waals surface area contributed by atoms with E-state index in [1.165, 1.54) is 0 Å². The number of carboxylic acid groups (broad SMARTS) is 1. The minimum atomic E-state index is -1.17. The van der Waals surface area contributed by atoms with Gasteiger partial charge in [0, 0.05) is 6.54 Å². The number of carbonyl (C=O) groups is 2. The lowest BCUT2D eigenvalue weighted by atomic mass is 10.4. The molecule has 5 nitrogen and oxygen atoms in total. The standard InChI is InChI=1S/C6H8N2O3/c7-2-1-3-8-5(9)4-6(10)11/h1,3-4H2,(H,8,9)(H,10,11). The molecule has 0 aliphatic rings. The van der Waals surface area contributed by atoms with Crippen molar-refractivity contribution in [3.63, 3.8) is 0 Å². The predicted molar refractivity (Wildman–Crippen MR) is 35.5 cm³/mol. The van der Waals surface area contributed by atoms with Gasteiger partial charge in [-0.15, -0.1) is 0 Å². The molecule has 0 fully saturated rings. The molecule has 5 heteroatoms. The summed E-state index contributed by atoms with van der Waals surface area (Å²) < 4.78 is 0. The number of carboxylic acids is 1. The average molecular weight is 156 g/mol. The molecule has 0 aromatic rings. The smallest absolute Gasteiger partial charge is 0.312 e. The maximum absolute atomic E-state index is 10.5. The number of nitrogens with zero attached hydrogens (tertiary/aromatic N) is 1. The number of nitrogens with one attached hydrogen (secondary N) is 1. The predicted octanol–water partition coefficient (Wildman–Crippen LogP) is -0.509. The highest BCUT2D eigenvalue weighted by Gasteiger charge is 2.05. The molecule has 0 saturated carbocycles. The summed E-state index contributed by atoms with van der Waals surface area (Å²) in [6, 6.07) is 1.81. The van der Waals surface area contributed by atoms with Crippen LogP contribution in [0.4, 0.5) is 0 Å². The molecule has 0 bridgehead atoms. The van der Waals surface area contributed by atoms with Gasteiger partial charge in [-0.3, -0.25) is 9.59 Å². The Bertz CT molecular complexity index is 194. The van der Waals surface area contributed by atoms with Crippen LogP contribution in [0.25, 0.3) is 0 Å². The van der Waals surface area contributed by atoms with Crippen molar-refractivity contribution in [1.82, 2.24) is 5.32 Å². The van der Waals surface area contributed by atoms with Gasteiger partial charge >= 0.3 is 5.97 Å². The largest absolute Gasteiger partial charge is 0.481 e. The molecule has 11 heavy (non-hydrogen) atoms. The number of hydrogen-bond donors (Lipinski definition) is 2. The third-order valence-corrected chi connectivity index (χ3v) is 0.871. The van der Waals surface area contributed by atoms with Crippen LogP contribution in [0.3, 0.4) is 0 Å². The van der Waals surface area contributed by atoms with Crippen LogP contribution in [-0.4, -0.2) is 23.5 Å². The lowest BCUT2D eigenvalue weighted by molar-refractivity contribution is -0.140. The minimum absolute atomic E-state index is 0.200. The van der Waals surface area contributed by atoms with E-state index in [1.54, 1.807) is 0 Å². The molecule has 2 N–H and O–H groups in total. The van der Waals surface area contributed by atoms with E-state index in [1.807, 2.05) is 6.07 Å². The first-order chi connectivity index (χ1) is 5.16. The molecule has 0 atom stereocenters. The lowest BCUT2D eigenvalue weighted by Crippen LogP contribution is -2.26. The SMILES string of the molecule is N#CCCNC(=O)CC(=O)O. The summed E-state index contributed by atoms with van der Waals surface area (Å²) in [7, 11) is 0. The normalized spacial score (nSPS) is 8.27. The van der Waals surface area contributed by atoms with Crippen LogP contribution in [-0.2, 0) is 9.59 Å². The molecule has 0 aromatic heterocycles. The van der Waals surface area contributed by atoms with Crippen molar-refractivity contribution in [3.8, 4) is 6.07 Å². The summed E-state index contributed by atoms with van der Waals surface area (Å²) in [6.45, 7) is 0.211. The van der Waals surface area contributed by atoms with Crippen LogP contribution in [0.15, 0.2) is 0 Å². The van der Waals surface area contributed by atoms with Gasteiger partial charge in [0.2, 0.25) is 5.91 Å². The number of hydrogen-bond acceptors (Lipinski definition) is 3. The van der Waals surface area contributed by atoms with Gasteiger partial charge in [0.1, 0.15) is 6.42 Å². The monoisotopic (exact) mass is 156 g/mol. The van der Waals surface area contributed by atoms with Crippen molar-refractivity contribution in [1.29, 1.82) is 5.26 Å². The van der Waals surface area contributed by atoms with E-state index in [-0.39, 0.29) is 13.0 Å². The molecule has 0 aromatic carbocycles. The van der Waals surface area contributed by atoms with E-state index in [9.17, 15) is 9.59 Å². The topological polar surface area (TPSA) is 90.2 Å². The zero-order valence-electron chi connectivity index (χ0n) is 5.83. The zero-order valence-corrected chi connectivity index (χ0v) is 5.83. The fraction of sp³-hybridized carbons (Fsp3) is 0.500. The number of aliphatic carboxylic acids is 1. The van der Waals surface area contributed by atoms with Crippen LogP contribution in [0.2, 0.25) is 0 Å². The van der Waals surface area contributed by atoms with Crippen molar-refractivity contribution in [2.75, 3.05) is 6.54 Å². The maximum atomic E-state index is 10.5. The first kappa shape index (κ1) is 9.43. The number of amides is 1. The van der Waals surface area contributed by atoms with Crippen LogP contribution < -0.4 is 5.32 Å². The molecule has 0 heterocycles. The summed E-state index contributed by atoms with van der Waals surface area (Å²) in [4.78, 5) is 20.4. The van der Waals surface area contributed by atoms with Crippen molar-refractivity contribution in [2.24, 2.45) is 0 Å². The maximum Gasteiger partial charge on any atom is 0.312 e. The fourth-order valence-corrected chi connectivity index (χ4v) is 0.458. The van der Waals surface area contributed by atoms with Gasteiger partial charge in [-0.25, -0.2) is 0 Å². The Hall–Kier alpha value is -1.57. The molecule has 0 aliphatic heterocycles. The van der Waals surface area contributed by atoms with E-state index in [0.717, 1.165) is 0 Å². The van der Waals surface area contributed by atoms with E-state index >= 15 is 0 Å². The average Bonchev–Trinajstić information content (AvgIpc) is 1.86. The molecule has 60 valence electrons. The Kier molecular flexibility index (Phi) is 4.49. The molecular weight excluding hydrogens is 148 g/mol. The van der Waals surface area contributed by atoms with Gasteiger partial charge < -0.3 is 10.4 Å². The van der Waals surface area contributed by atoms with Crippen LogP contribution in [0.5, 0.6) is 0 Å². The van der Waals surface area contributed by atoms with Crippen molar-refractivity contribution < 1.29 is 14.7 Å². The molecule has 0 unspecified atom stereocenters. The minimum Gasteiger partial charge on any atom is -0.481 e. The third kappa shape index (κ3) is 6.31. The van der Waals surface area contributed by atoms with Gasteiger partial charge in [-0.2, -0.15) is 5.26 Å². The molecule has 0 rings (SSSR count). The molecule has 1 amide bonds. The first-order valence-corrected chi connectivity index (χ1v) is 3.02. The van der Waals surface area contributed by atoms with Crippen LogP contribution in [0.1, 0.15) is 12.8 Å². The highest BCUT2D eigenvalue weighted by molar-refractivity contribution is 5.93. The van der Waals surface area contributed by atoms with Gasteiger partial charge in [0.25, 0.3) is 0 Å². The number of nitriles is 1. The quantitative estimate of drug-likeness (QED) is 0.423. The van der Waals surface area contributed by atoms with E-state index in [2.05, 4.69) is 5.32 Å². The highest BCUT2D eigenvalue weighted by Crippen LogP contribution is 1.79.